The van der Waals surface area contributed by atoms with Crippen molar-refractivity contribution in [3.8, 4) is 5.75 Å². The molecule has 0 spiro atoms. The zero-order valence-electron chi connectivity index (χ0n) is 15.1. The molecule has 2 amide bonds. The van der Waals surface area contributed by atoms with Gasteiger partial charge in [0.25, 0.3) is 11.8 Å². The summed E-state index contributed by atoms with van der Waals surface area (Å²) in [7, 11) is 1.29. The predicted molar refractivity (Wildman–Crippen MR) is 95.7 cm³/mol. The molecule has 140 valence electrons. The zero-order chi connectivity index (χ0) is 19.1. The maximum atomic E-state index is 12.7. The number of allylic oxidation sites excluding steroid dienone is 2. The summed E-state index contributed by atoms with van der Waals surface area (Å²) in [6.07, 6.45) is 5.60. The number of hydrazone groups is 1. The molecular formula is C20H20N2O5. The second-order valence-corrected chi connectivity index (χ2v) is 7.05. The van der Waals surface area contributed by atoms with Crippen molar-refractivity contribution in [2.45, 2.75) is 19.4 Å². The van der Waals surface area contributed by atoms with Gasteiger partial charge in [0.2, 0.25) is 0 Å². The number of esters is 1. The Balaban J connectivity index is 1.53. The van der Waals surface area contributed by atoms with Crippen molar-refractivity contribution in [3.63, 3.8) is 0 Å². The minimum Gasteiger partial charge on any atom is -0.478 e. The maximum absolute atomic E-state index is 12.7. The summed E-state index contributed by atoms with van der Waals surface area (Å²) < 4.78 is 10.3. The van der Waals surface area contributed by atoms with Crippen LogP contribution in [-0.4, -0.2) is 42.2 Å². The number of hydrogen-bond acceptors (Lipinski definition) is 6. The minimum atomic E-state index is -0.791. The smallest absolute Gasteiger partial charge is 0.346 e. The number of amides is 2. The van der Waals surface area contributed by atoms with E-state index in [1.54, 1.807) is 31.2 Å². The number of carbonyl (C=O) groups excluding carboxylic acids is 3. The Labute approximate surface area is 156 Å². The SMILES string of the molecule is COC(=O)[C@@H](C)Oc1ccccc1C=NN1C(=O)[C@@H]2[C@H](C1=O)[C@H]1C=C[C@H]2C1. The van der Waals surface area contributed by atoms with Crippen molar-refractivity contribution >= 4 is 24.0 Å². The fourth-order valence-electron chi connectivity index (χ4n) is 4.22. The monoisotopic (exact) mass is 368 g/mol. The molecule has 1 saturated carbocycles. The van der Waals surface area contributed by atoms with Gasteiger partial charge in [-0.05, 0) is 37.3 Å². The van der Waals surface area contributed by atoms with Crippen LogP contribution in [0.5, 0.6) is 5.75 Å². The molecule has 4 rings (SSSR count). The first-order valence-electron chi connectivity index (χ1n) is 8.95. The summed E-state index contributed by atoms with van der Waals surface area (Å²) in [5, 5.41) is 5.14. The van der Waals surface area contributed by atoms with Crippen molar-refractivity contribution in [2.75, 3.05) is 7.11 Å². The van der Waals surface area contributed by atoms with E-state index in [9.17, 15) is 14.4 Å². The average molecular weight is 368 g/mol. The van der Waals surface area contributed by atoms with Gasteiger partial charge in [-0.3, -0.25) is 9.59 Å². The molecule has 1 aromatic rings. The number of rotatable bonds is 5. The topological polar surface area (TPSA) is 85.3 Å². The van der Waals surface area contributed by atoms with Crippen LogP contribution in [0, 0.1) is 23.7 Å². The van der Waals surface area contributed by atoms with Gasteiger partial charge in [-0.15, -0.1) is 0 Å². The molecule has 7 nitrogen and oxygen atoms in total. The van der Waals surface area contributed by atoms with E-state index in [2.05, 4.69) is 9.84 Å². The van der Waals surface area contributed by atoms with Crippen LogP contribution in [0.2, 0.25) is 0 Å². The second-order valence-electron chi connectivity index (χ2n) is 7.05. The molecule has 1 aromatic carbocycles. The first kappa shape index (κ1) is 17.5. The van der Waals surface area contributed by atoms with Crippen LogP contribution in [-0.2, 0) is 19.1 Å². The zero-order valence-corrected chi connectivity index (χ0v) is 15.1. The number of hydrogen-bond donors (Lipinski definition) is 0. The van der Waals surface area contributed by atoms with Crippen molar-refractivity contribution < 1.29 is 23.9 Å². The third-order valence-electron chi connectivity index (χ3n) is 5.52. The Hall–Kier alpha value is -2.96. The van der Waals surface area contributed by atoms with Crippen LogP contribution in [0.3, 0.4) is 0 Å². The highest BCUT2D eigenvalue weighted by molar-refractivity contribution is 6.06. The van der Waals surface area contributed by atoms with E-state index < -0.39 is 12.1 Å². The number of methoxy groups -OCH3 is 1. The second kappa shape index (κ2) is 6.64. The summed E-state index contributed by atoms with van der Waals surface area (Å²) in [5.74, 6) is -0.825. The Morgan fingerprint density at radius 2 is 1.81 bits per heavy atom. The number of para-hydroxylation sites is 1. The fourth-order valence-corrected chi connectivity index (χ4v) is 4.22. The number of ether oxygens (including phenoxy) is 2. The Morgan fingerprint density at radius 3 is 2.44 bits per heavy atom. The van der Waals surface area contributed by atoms with Crippen molar-refractivity contribution in [2.24, 2.45) is 28.8 Å². The Morgan fingerprint density at radius 1 is 1.19 bits per heavy atom. The molecule has 0 N–H and O–H groups in total. The quantitative estimate of drug-likeness (QED) is 0.342. The van der Waals surface area contributed by atoms with Gasteiger partial charge in [-0.1, -0.05) is 24.3 Å². The summed E-state index contributed by atoms with van der Waals surface area (Å²) in [6, 6.07) is 6.97. The summed E-state index contributed by atoms with van der Waals surface area (Å²) in [4.78, 5) is 36.9. The average Bonchev–Trinajstić information content (AvgIpc) is 3.35. The molecule has 0 aromatic heterocycles. The first-order valence-corrected chi connectivity index (χ1v) is 8.95. The predicted octanol–water partition coefficient (Wildman–Crippen LogP) is 1.77. The van der Waals surface area contributed by atoms with Crippen LogP contribution in [0.25, 0.3) is 0 Å². The number of imide groups is 1. The third kappa shape index (κ3) is 2.83. The van der Waals surface area contributed by atoms with Gasteiger partial charge in [0, 0.05) is 5.56 Å². The van der Waals surface area contributed by atoms with Crippen LogP contribution >= 0.6 is 0 Å². The molecule has 1 saturated heterocycles. The van der Waals surface area contributed by atoms with E-state index >= 15 is 0 Å². The highest BCUT2D eigenvalue weighted by Gasteiger charge is 2.59. The van der Waals surface area contributed by atoms with Gasteiger partial charge in [0.15, 0.2) is 6.10 Å². The molecule has 1 aliphatic heterocycles. The lowest BCUT2D eigenvalue weighted by atomic mass is 9.85. The number of nitrogens with zero attached hydrogens (tertiary/aromatic N) is 2. The van der Waals surface area contributed by atoms with E-state index in [-0.39, 0.29) is 35.5 Å². The molecule has 1 heterocycles. The molecule has 0 unspecified atom stereocenters. The summed E-state index contributed by atoms with van der Waals surface area (Å²) in [6.45, 7) is 1.58. The van der Waals surface area contributed by atoms with E-state index in [1.165, 1.54) is 13.3 Å². The molecule has 7 heteroatoms. The largest absolute Gasteiger partial charge is 0.478 e. The highest BCUT2D eigenvalue weighted by atomic mass is 16.6. The molecule has 0 radical (unpaired) electrons. The van der Waals surface area contributed by atoms with Crippen LogP contribution in [0.1, 0.15) is 18.9 Å². The lowest BCUT2D eigenvalue weighted by Crippen LogP contribution is -2.28. The van der Waals surface area contributed by atoms with Crippen LogP contribution < -0.4 is 4.74 Å². The fraction of sp³-hybridized carbons (Fsp3) is 0.400. The van der Waals surface area contributed by atoms with Crippen molar-refractivity contribution in [1.29, 1.82) is 0 Å². The molecule has 2 fully saturated rings. The lowest BCUT2D eigenvalue weighted by molar-refractivity contribution is -0.148. The van der Waals surface area contributed by atoms with Gasteiger partial charge < -0.3 is 9.47 Å². The molecule has 2 bridgehead atoms. The van der Waals surface area contributed by atoms with Crippen molar-refractivity contribution in [3.05, 3.63) is 42.0 Å². The molecule has 27 heavy (non-hydrogen) atoms. The van der Waals surface area contributed by atoms with Crippen molar-refractivity contribution in [1.82, 2.24) is 5.01 Å². The third-order valence-corrected chi connectivity index (χ3v) is 5.52. The number of benzene rings is 1. The minimum absolute atomic E-state index is 0.146. The van der Waals surface area contributed by atoms with Gasteiger partial charge in [-0.2, -0.15) is 10.1 Å². The standard InChI is InChI=1S/C20H20N2O5/c1-11(20(25)26-2)27-15-6-4-3-5-14(15)10-21-22-18(23)16-12-7-8-13(9-12)17(16)19(22)24/h3-8,10-13,16-17H,9H2,1-2H3/t11-,12+,13+,16-,17+/m1/s1. The van der Waals surface area contributed by atoms with E-state index in [1.807, 2.05) is 12.2 Å². The maximum Gasteiger partial charge on any atom is 0.346 e. The highest BCUT2D eigenvalue weighted by Crippen LogP contribution is 2.52. The van der Waals surface area contributed by atoms with Gasteiger partial charge in [-0.25, -0.2) is 4.79 Å². The normalized spacial score (nSPS) is 29.5. The van der Waals surface area contributed by atoms with Gasteiger partial charge in [0.1, 0.15) is 5.75 Å². The Bertz CT molecular complexity index is 832. The van der Waals surface area contributed by atoms with E-state index in [0.717, 1.165) is 11.4 Å². The molecule has 2 aliphatic carbocycles. The van der Waals surface area contributed by atoms with Gasteiger partial charge in [0.05, 0.1) is 25.2 Å². The first-order chi connectivity index (χ1) is 13.0. The Kier molecular flexibility index (Phi) is 4.30. The molecule has 5 atom stereocenters. The molecular weight excluding hydrogens is 348 g/mol. The van der Waals surface area contributed by atoms with Crippen LogP contribution in [0.15, 0.2) is 41.5 Å². The van der Waals surface area contributed by atoms with E-state index in [0.29, 0.717) is 11.3 Å². The van der Waals surface area contributed by atoms with Crippen LogP contribution in [0.4, 0.5) is 0 Å². The summed E-state index contributed by atoms with van der Waals surface area (Å²) >= 11 is 0. The lowest BCUT2D eigenvalue weighted by Gasteiger charge is -2.15. The summed E-state index contributed by atoms with van der Waals surface area (Å²) in [5.41, 5.74) is 0.562. The number of fused-ring (bicyclic) bond motifs is 5. The van der Waals surface area contributed by atoms with Gasteiger partial charge >= 0.3 is 5.97 Å². The molecule has 3 aliphatic rings. The number of carbonyl (C=O) groups is 3. The van der Waals surface area contributed by atoms with E-state index in [4.69, 9.17) is 4.74 Å².